The minimum Gasteiger partial charge on any atom is -0.466 e. The molecule has 2 unspecified atom stereocenters. The number of esters is 1. The van der Waals surface area contributed by atoms with Crippen molar-refractivity contribution in [3.63, 3.8) is 0 Å². The average Bonchev–Trinajstić information content (AvgIpc) is 3.47. The van der Waals surface area contributed by atoms with Crippen molar-refractivity contribution in [1.29, 1.82) is 0 Å². The van der Waals surface area contributed by atoms with Gasteiger partial charge in [-0.2, -0.15) is 0 Å². The highest BCUT2D eigenvalue weighted by Crippen LogP contribution is 2.59. The van der Waals surface area contributed by atoms with Crippen LogP contribution in [-0.4, -0.2) is 64.8 Å². The Bertz CT molecular complexity index is 1170. The van der Waals surface area contributed by atoms with E-state index in [1.807, 2.05) is 56.3 Å². The van der Waals surface area contributed by atoms with Crippen LogP contribution in [0.5, 0.6) is 0 Å². The summed E-state index contributed by atoms with van der Waals surface area (Å²) >= 11 is 0. The monoisotopic (exact) mass is 480 g/mol. The van der Waals surface area contributed by atoms with Crippen LogP contribution in [0.15, 0.2) is 42.5 Å². The maximum atomic E-state index is 13.9. The fraction of sp³-hybridized carbons (Fsp3) is 0.519. The standard InChI is InChI=1S/C27H32N2O6/c1-4-34-26(33)21-20-11-12-27(35-20)22(21)25(32)29(19(14-30)15(2)3)23(27)24(31)28-18-10-9-16-7-5-6-8-17(16)13-18/h5-10,13,15,19-23,30H,4,11-12,14H2,1-3H3,(H,28,31)/t19-,20+,21-,22-,23?,27?/m0/s1. The van der Waals surface area contributed by atoms with Crippen LogP contribution in [0.25, 0.3) is 10.8 Å². The lowest BCUT2D eigenvalue weighted by Crippen LogP contribution is -2.57. The van der Waals surface area contributed by atoms with Crippen LogP contribution in [0.2, 0.25) is 0 Å². The fourth-order valence-corrected chi connectivity index (χ4v) is 6.35. The van der Waals surface area contributed by atoms with Crippen LogP contribution in [-0.2, 0) is 23.9 Å². The summed E-state index contributed by atoms with van der Waals surface area (Å²) in [5.74, 6) is -2.81. The van der Waals surface area contributed by atoms with Crippen LogP contribution in [0, 0.1) is 17.8 Å². The lowest BCUT2D eigenvalue weighted by Gasteiger charge is -2.38. The largest absolute Gasteiger partial charge is 0.466 e. The lowest BCUT2D eigenvalue weighted by molar-refractivity contribution is -0.155. The highest BCUT2D eigenvalue weighted by molar-refractivity contribution is 6.04. The zero-order valence-corrected chi connectivity index (χ0v) is 20.3. The van der Waals surface area contributed by atoms with Gasteiger partial charge in [0.2, 0.25) is 11.8 Å². The molecule has 3 aliphatic rings. The number of nitrogens with zero attached hydrogens (tertiary/aromatic N) is 1. The zero-order valence-electron chi connectivity index (χ0n) is 20.3. The number of rotatable bonds is 7. The number of hydrogen-bond acceptors (Lipinski definition) is 6. The molecular weight excluding hydrogens is 448 g/mol. The first kappa shape index (κ1) is 23.8. The van der Waals surface area contributed by atoms with Crippen LogP contribution in [0.3, 0.4) is 0 Å². The molecule has 1 spiro atoms. The van der Waals surface area contributed by atoms with Crippen molar-refractivity contribution in [3.8, 4) is 0 Å². The Morgan fingerprint density at radius 1 is 1.23 bits per heavy atom. The van der Waals surface area contributed by atoms with E-state index < -0.39 is 41.6 Å². The van der Waals surface area contributed by atoms with Gasteiger partial charge in [0.25, 0.3) is 0 Å². The third-order valence-corrected chi connectivity index (χ3v) is 7.88. The summed E-state index contributed by atoms with van der Waals surface area (Å²) in [6, 6.07) is 12.0. The molecular formula is C27H32N2O6. The van der Waals surface area contributed by atoms with E-state index in [1.54, 1.807) is 6.92 Å². The third kappa shape index (κ3) is 3.62. The van der Waals surface area contributed by atoms with Gasteiger partial charge in [-0.15, -0.1) is 0 Å². The Hall–Kier alpha value is -2.97. The van der Waals surface area contributed by atoms with Gasteiger partial charge in [0.15, 0.2) is 0 Å². The molecule has 8 heteroatoms. The molecule has 0 radical (unpaired) electrons. The summed E-state index contributed by atoms with van der Waals surface area (Å²) in [7, 11) is 0. The van der Waals surface area contributed by atoms with Crippen LogP contribution < -0.4 is 5.32 Å². The van der Waals surface area contributed by atoms with Crippen molar-refractivity contribution in [2.24, 2.45) is 17.8 Å². The minimum atomic E-state index is -1.12. The molecule has 2 amide bonds. The summed E-state index contributed by atoms with van der Waals surface area (Å²) in [6.45, 7) is 5.44. The quantitative estimate of drug-likeness (QED) is 0.591. The lowest BCUT2D eigenvalue weighted by atomic mass is 9.70. The van der Waals surface area contributed by atoms with Crippen molar-refractivity contribution in [2.75, 3.05) is 18.5 Å². The van der Waals surface area contributed by atoms with E-state index in [1.165, 1.54) is 4.90 Å². The molecule has 2 aromatic rings. The van der Waals surface area contributed by atoms with Gasteiger partial charge < -0.3 is 24.8 Å². The highest BCUT2D eigenvalue weighted by atomic mass is 16.6. The molecule has 0 aliphatic carbocycles. The second-order valence-electron chi connectivity index (χ2n) is 10.1. The second-order valence-corrected chi connectivity index (χ2v) is 10.1. The average molecular weight is 481 g/mol. The summed E-state index contributed by atoms with van der Waals surface area (Å²) in [5.41, 5.74) is -0.511. The minimum absolute atomic E-state index is 0.103. The fourth-order valence-electron chi connectivity index (χ4n) is 6.35. The Morgan fingerprint density at radius 3 is 2.66 bits per heavy atom. The van der Waals surface area contributed by atoms with Crippen molar-refractivity contribution >= 4 is 34.2 Å². The molecule has 3 aliphatic heterocycles. The SMILES string of the molecule is CCOC(=O)[C@@H]1[C@H]2C(=O)N([C@@H](CO)C(C)C)C(C(=O)Nc3ccc4ccccc4c3)C23CC[C@H]1O3. The van der Waals surface area contributed by atoms with Gasteiger partial charge in [0.1, 0.15) is 11.6 Å². The molecule has 2 bridgehead atoms. The number of nitrogens with one attached hydrogen (secondary N) is 1. The van der Waals surface area contributed by atoms with E-state index in [4.69, 9.17) is 9.47 Å². The third-order valence-electron chi connectivity index (χ3n) is 7.88. The molecule has 3 heterocycles. The molecule has 0 saturated carbocycles. The van der Waals surface area contributed by atoms with Gasteiger partial charge >= 0.3 is 5.97 Å². The molecule has 3 fully saturated rings. The number of likely N-dealkylation sites (tertiary alicyclic amines) is 1. The van der Waals surface area contributed by atoms with Crippen LogP contribution in [0.1, 0.15) is 33.6 Å². The van der Waals surface area contributed by atoms with Crippen LogP contribution >= 0.6 is 0 Å². The Morgan fingerprint density at radius 2 is 1.97 bits per heavy atom. The number of aliphatic hydroxyl groups is 1. The van der Waals surface area contributed by atoms with Gasteiger partial charge in [0, 0.05) is 5.69 Å². The number of fused-ring (bicyclic) bond motifs is 2. The van der Waals surface area contributed by atoms with E-state index >= 15 is 0 Å². The predicted octanol–water partition coefficient (Wildman–Crippen LogP) is 2.73. The molecule has 3 saturated heterocycles. The number of aliphatic hydroxyl groups excluding tert-OH is 1. The number of amides is 2. The first-order valence-electron chi connectivity index (χ1n) is 12.4. The van der Waals surface area contributed by atoms with Crippen molar-refractivity contribution in [2.45, 2.75) is 57.4 Å². The predicted molar refractivity (Wildman–Crippen MR) is 129 cm³/mol. The molecule has 2 N–H and O–H groups in total. The number of hydrogen-bond donors (Lipinski definition) is 2. The number of ether oxygens (including phenoxy) is 2. The summed E-state index contributed by atoms with van der Waals surface area (Å²) < 4.78 is 11.7. The van der Waals surface area contributed by atoms with E-state index in [9.17, 15) is 19.5 Å². The molecule has 0 aromatic heterocycles. The summed E-state index contributed by atoms with van der Waals surface area (Å²) in [4.78, 5) is 42.1. The molecule has 5 rings (SSSR count). The Balaban J connectivity index is 1.54. The van der Waals surface area contributed by atoms with Crippen molar-refractivity contribution < 1.29 is 29.0 Å². The molecule has 186 valence electrons. The van der Waals surface area contributed by atoms with E-state index in [0.717, 1.165) is 10.8 Å². The number of carbonyl (C=O) groups excluding carboxylic acids is 3. The van der Waals surface area contributed by atoms with Gasteiger partial charge in [-0.25, -0.2) is 0 Å². The van der Waals surface area contributed by atoms with Gasteiger partial charge in [0.05, 0.1) is 37.2 Å². The molecule has 2 aromatic carbocycles. The topological polar surface area (TPSA) is 105 Å². The molecule has 6 atom stereocenters. The normalized spacial score (nSPS) is 30.1. The van der Waals surface area contributed by atoms with Gasteiger partial charge in [-0.1, -0.05) is 44.2 Å². The number of anilines is 1. The second kappa shape index (κ2) is 8.91. The molecule has 35 heavy (non-hydrogen) atoms. The summed E-state index contributed by atoms with van der Waals surface area (Å²) in [5, 5.41) is 15.2. The van der Waals surface area contributed by atoms with E-state index in [-0.39, 0.29) is 30.9 Å². The smallest absolute Gasteiger partial charge is 0.312 e. The number of benzene rings is 2. The summed E-state index contributed by atoms with van der Waals surface area (Å²) in [6.07, 6.45) is 0.617. The zero-order chi connectivity index (χ0) is 24.9. The maximum absolute atomic E-state index is 13.9. The maximum Gasteiger partial charge on any atom is 0.312 e. The van der Waals surface area contributed by atoms with Crippen LogP contribution in [0.4, 0.5) is 5.69 Å². The van der Waals surface area contributed by atoms with Crippen molar-refractivity contribution in [3.05, 3.63) is 42.5 Å². The first-order valence-corrected chi connectivity index (χ1v) is 12.4. The van der Waals surface area contributed by atoms with Crippen molar-refractivity contribution in [1.82, 2.24) is 4.90 Å². The van der Waals surface area contributed by atoms with E-state index in [0.29, 0.717) is 18.5 Å². The first-order chi connectivity index (χ1) is 16.8. The van der Waals surface area contributed by atoms with Gasteiger partial charge in [-0.05, 0) is 48.6 Å². The number of carbonyl (C=O) groups is 3. The Labute approximate surface area is 204 Å². The highest BCUT2D eigenvalue weighted by Gasteiger charge is 2.75. The Kier molecular flexibility index (Phi) is 6.05. The van der Waals surface area contributed by atoms with Gasteiger partial charge in [-0.3, -0.25) is 14.4 Å². The molecule has 8 nitrogen and oxygen atoms in total. The van der Waals surface area contributed by atoms with E-state index in [2.05, 4.69) is 5.32 Å².